The van der Waals surface area contributed by atoms with Gasteiger partial charge in [-0.05, 0) is 37.5 Å². The molecule has 0 amide bonds. The molecule has 0 heterocycles. The second-order valence-electron chi connectivity index (χ2n) is 4.73. The molecule has 12 heavy (non-hydrogen) atoms. The predicted molar refractivity (Wildman–Crippen MR) is 51.9 cm³/mol. The van der Waals surface area contributed by atoms with Crippen LogP contribution in [0.15, 0.2) is 0 Å². The molecule has 2 saturated carbocycles. The van der Waals surface area contributed by atoms with Crippen LogP contribution in [0.5, 0.6) is 0 Å². The van der Waals surface area contributed by atoms with E-state index in [0.717, 1.165) is 11.8 Å². The van der Waals surface area contributed by atoms with Crippen molar-refractivity contribution in [1.82, 2.24) is 0 Å². The maximum atomic E-state index is 6.06. The quantitative estimate of drug-likeness (QED) is 0.684. The van der Waals surface area contributed by atoms with Crippen LogP contribution in [0.4, 0.5) is 0 Å². The highest BCUT2D eigenvalue weighted by molar-refractivity contribution is 4.84. The van der Waals surface area contributed by atoms with Gasteiger partial charge in [0.05, 0.1) is 0 Å². The first-order chi connectivity index (χ1) is 5.86. The van der Waals surface area contributed by atoms with Crippen LogP contribution in [0.3, 0.4) is 0 Å². The number of hydrogen-bond donors (Lipinski definition) is 1. The lowest BCUT2D eigenvalue weighted by Crippen LogP contribution is -2.22. The molecule has 0 radical (unpaired) electrons. The van der Waals surface area contributed by atoms with E-state index in [1.165, 1.54) is 51.4 Å². The van der Waals surface area contributed by atoms with Crippen LogP contribution in [-0.2, 0) is 0 Å². The van der Waals surface area contributed by atoms with Gasteiger partial charge in [-0.15, -0.1) is 0 Å². The van der Waals surface area contributed by atoms with Gasteiger partial charge in [-0.2, -0.15) is 0 Å². The summed E-state index contributed by atoms with van der Waals surface area (Å²) in [6.07, 6.45) is 11.5. The maximum absolute atomic E-state index is 6.06. The van der Waals surface area contributed by atoms with Gasteiger partial charge in [0.15, 0.2) is 0 Å². The van der Waals surface area contributed by atoms with Crippen molar-refractivity contribution in [1.29, 1.82) is 0 Å². The first-order valence-corrected chi connectivity index (χ1v) is 5.62. The van der Waals surface area contributed by atoms with Crippen LogP contribution in [0, 0.1) is 11.8 Å². The Morgan fingerprint density at radius 1 is 1.08 bits per heavy atom. The van der Waals surface area contributed by atoms with Crippen molar-refractivity contribution in [3.8, 4) is 0 Å². The fourth-order valence-corrected chi connectivity index (χ4v) is 2.49. The predicted octanol–water partition coefficient (Wildman–Crippen LogP) is 2.69. The lowest BCUT2D eigenvalue weighted by atomic mass is 9.97. The molecule has 0 aliphatic heterocycles. The molecule has 0 bridgehead atoms. The van der Waals surface area contributed by atoms with Crippen molar-refractivity contribution in [2.24, 2.45) is 17.6 Å². The number of nitrogens with two attached hydrogens (primary N) is 1. The van der Waals surface area contributed by atoms with Crippen molar-refractivity contribution < 1.29 is 0 Å². The Kier molecular flexibility index (Phi) is 2.69. The van der Waals surface area contributed by atoms with Crippen LogP contribution >= 0.6 is 0 Å². The third-order valence-corrected chi connectivity index (χ3v) is 3.61. The standard InChI is InChI=1S/C11H21N/c12-11(10-6-7-10)8-5-9-3-1-2-4-9/h9-11H,1-8,12H2. The normalized spacial score (nSPS) is 27.8. The van der Waals surface area contributed by atoms with Crippen LogP contribution in [0.2, 0.25) is 0 Å². The minimum Gasteiger partial charge on any atom is -0.327 e. The molecule has 2 rings (SSSR count). The van der Waals surface area contributed by atoms with E-state index >= 15 is 0 Å². The fraction of sp³-hybridized carbons (Fsp3) is 1.00. The molecule has 1 atom stereocenters. The van der Waals surface area contributed by atoms with E-state index in [-0.39, 0.29) is 0 Å². The number of rotatable bonds is 4. The van der Waals surface area contributed by atoms with Crippen LogP contribution in [0.1, 0.15) is 51.4 Å². The first-order valence-electron chi connectivity index (χ1n) is 5.62. The number of hydrogen-bond acceptors (Lipinski definition) is 1. The molecule has 0 aromatic heterocycles. The van der Waals surface area contributed by atoms with Crippen molar-refractivity contribution in [3.63, 3.8) is 0 Å². The molecule has 2 N–H and O–H groups in total. The smallest absolute Gasteiger partial charge is 0.00672 e. The first kappa shape index (κ1) is 8.55. The molecule has 0 spiro atoms. The molecule has 0 saturated heterocycles. The molecular weight excluding hydrogens is 146 g/mol. The Labute approximate surface area is 75.7 Å². The summed E-state index contributed by atoms with van der Waals surface area (Å²) in [7, 11) is 0. The van der Waals surface area contributed by atoms with Crippen molar-refractivity contribution in [3.05, 3.63) is 0 Å². The van der Waals surface area contributed by atoms with Gasteiger partial charge < -0.3 is 5.73 Å². The second-order valence-corrected chi connectivity index (χ2v) is 4.73. The summed E-state index contributed by atoms with van der Waals surface area (Å²) in [5.74, 6) is 1.95. The van der Waals surface area contributed by atoms with Gasteiger partial charge in [0.1, 0.15) is 0 Å². The zero-order valence-electron chi connectivity index (χ0n) is 7.97. The average Bonchev–Trinajstić information content (AvgIpc) is 2.80. The second kappa shape index (κ2) is 3.78. The zero-order valence-corrected chi connectivity index (χ0v) is 7.97. The van der Waals surface area contributed by atoms with Crippen LogP contribution < -0.4 is 5.73 Å². The highest BCUT2D eigenvalue weighted by Gasteiger charge is 2.28. The summed E-state index contributed by atoms with van der Waals surface area (Å²) in [6.45, 7) is 0. The summed E-state index contributed by atoms with van der Waals surface area (Å²) in [5.41, 5.74) is 6.06. The lowest BCUT2D eigenvalue weighted by molar-refractivity contribution is 0.429. The minimum atomic E-state index is 0.547. The molecule has 0 aromatic rings. The highest BCUT2D eigenvalue weighted by atomic mass is 14.7. The monoisotopic (exact) mass is 167 g/mol. The summed E-state index contributed by atoms with van der Waals surface area (Å²) >= 11 is 0. The highest BCUT2D eigenvalue weighted by Crippen LogP contribution is 2.35. The Morgan fingerprint density at radius 3 is 2.33 bits per heavy atom. The van der Waals surface area contributed by atoms with E-state index < -0.39 is 0 Å². The molecule has 1 nitrogen and oxygen atoms in total. The molecule has 1 unspecified atom stereocenters. The van der Waals surface area contributed by atoms with E-state index in [1.807, 2.05) is 0 Å². The third-order valence-electron chi connectivity index (χ3n) is 3.61. The molecule has 70 valence electrons. The van der Waals surface area contributed by atoms with Gasteiger partial charge in [0, 0.05) is 6.04 Å². The molecule has 2 fully saturated rings. The van der Waals surface area contributed by atoms with Crippen molar-refractivity contribution in [2.75, 3.05) is 0 Å². The lowest BCUT2D eigenvalue weighted by Gasteiger charge is -2.13. The summed E-state index contributed by atoms with van der Waals surface area (Å²) in [4.78, 5) is 0. The Bertz CT molecular complexity index is 132. The largest absolute Gasteiger partial charge is 0.327 e. The average molecular weight is 167 g/mol. The Morgan fingerprint density at radius 2 is 1.75 bits per heavy atom. The SMILES string of the molecule is NC(CCC1CCCC1)C1CC1. The minimum absolute atomic E-state index is 0.547. The molecular formula is C11H21N. The topological polar surface area (TPSA) is 26.0 Å². The molecule has 0 aromatic carbocycles. The maximum Gasteiger partial charge on any atom is 0.00672 e. The Balaban J connectivity index is 1.60. The van der Waals surface area contributed by atoms with Gasteiger partial charge in [-0.1, -0.05) is 25.7 Å². The van der Waals surface area contributed by atoms with E-state index in [9.17, 15) is 0 Å². The van der Waals surface area contributed by atoms with E-state index in [4.69, 9.17) is 5.73 Å². The van der Waals surface area contributed by atoms with Gasteiger partial charge in [0.25, 0.3) is 0 Å². The van der Waals surface area contributed by atoms with E-state index in [2.05, 4.69) is 0 Å². The molecule has 1 heteroatoms. The van der Waals surface area contributed by atoms with Crippen LogP contribution in [-0.4, -0.2) is 6.04 Å². The van der Waals surface area contributed by atoms with Crippen molar-refractivity contribution in [2.45, 2.75) is 57.4 Å². The zero-order chi connectivity index (χ0) is 8.39. The van der Waals surface area contributed by atoms with Gasteiger partial charge in [0.2, 0.25) is 0 Å². The van der Waals surface area contributed by atoms with Crippen LogP contribution in [0.25, 0.3) is 0 Å². The van der Waals surface area contributed by atoms with Gasteiger partial charge in [-0.3, -0.25) is 0 Å². The van der Waals surface area contributed by atoms with Gasteiger partial charge >= 0.3 is 0 Å². The molecule has 2 aliphatic carbocycles. The van der Waals surface area contributed by atoms with Crippen molar-refractivity contribution >= 4 is 0 Å². The Hall–Kier alpha value is -0.0400. The van der Waals surface area contributed by atoms with E-state index in [0.29, 0.717) is 6.04 Å². The summed E-state index contributed by atoms with van der Waals surface area (Å²) in [5, 5.41) is 0. The summed E-state index contributed by atoms with van der Waals surface area (Å²) < 4.78 is 0. The fourth-order valence-electron chi connectivity index (χ4n) is 2.49. The third kappa shape index (κ3) is 2.22. The van der Waals surface area contributed by atoms with Gasteiger partial charge in [-0.25, -0.2) is 0 Å². The summed E-state index contributed by atoms with van der Waals surface area (Å²) in [6, 6.07) is 0.547. The van der Waals surface area contributed by atoms with E-state index in [1.54, 1.807) is 0 Å². The molecule has 2 aliphatic rings.